The Hall–Kier alpha value is -1.57. The maximum absolute atomic E-state index is 5.33. The number of fused-ring (bicyclic) bond motifs is 1. The molecule has 2 nitrogen and oxygen atoms in total. The van der Waals surface area contributed by atoms with Crippen molar-refractivity contribution in [2.24, 2.45) is 0 Å². The van der Waals surface area contributed by atoms with Crippen LogP contribution in [0.2, 0.25) is 0 Å². The van der Waals surface area contributed by atoms with Gasteiger partial charge in [-0.25, -0.2) is 0 Å². The van der Waals surface area contributed by atoms with E-state index in [4.69, 9.17) is 4.74 Å². The Morgan fingerprint density at radius 1 is 1.24 bits per heavy atom. The number of aromatic nitrogens is 1. The average Bonchev–Trinajstić information content (AvgIpc) is 2.38. The van der Waals surface area contributed by atoms with Crippen molar-refractivity contribution in [1.29, 1.82) is 0 Å². The zero-order chi connectivity index (χ0) is 12.1. The molecule has 2 aromatic rings. The summed E-state index contributed by atoms with van der Waals surface area (Å²) in [6, 6.07) is 8.28. The van der Waals surface area contributed by atoms with Gasteiger partial charge >= 0.3 is 0 Å². The first kappa shape index (κ1) is 11.9. The highest BCUT2D eigenvalue weighted by molar-refractivity contribution is 5.83. The summed E-state index contributed by atoms with van der Waals surface area (Å²) in [5.41, 5.74) is 2.37. The van der Waals surface area contributed by atoms with Gasteiger partial charge in [-0.2, -0.15) is 0 Å². The van der Waals surface area contributed by atoms with Crippen molar-refractivity contribution in [2.75, 3.05) is 7.11 Å². The molecule has 0 N–H and O–H groups in total. The van der Waals surface area contributed by atoms with E-state index in [1.165, 1.54) is 30.2 Å². The smallest absolute Gasteiger partial charge is 0.121 e. The van der Waals surface area contributed by atoms with Gasteiger partial charge in [0.25, 0.3) is 0 Å². The summed E-state index contributed by atoms with van der Waals surface area (Å²) in [6.45, 7) is 2.23. The highest BCUT2D eigenvalue weighted by Gasteiger charge is 2.04. The van der Waals surface area contributed by atoms with Gasteiger partial charge in [-0.15, -0.1) is 0 Å². The summed E-state index contributed by atoms with van der Waals surface area (Å²) in [6.07, 6.45) is 6.69. The minimum absolute atomic E-state index is 0.905. The van der Waals surface area contributed by atoms with Crippen molar-refractivity contribution in [1.82, 2.24) is 4.98 Å². The Labute approximate surface area is 103 Å². The Balaban J connectivity index is 2.36. The van der Waals surface area contributed by atoms with Gasteiger partial charge in [0.2, 0.25) is 0 Å². The van der Waals surface area contributed by atoms with Crippen molar-refractivity contribution in [2.45, 2.75) is 32.6 Å². The fourth-order valence-electron chi connectivity index (χ4n) is 2.12. The number of unbranched alkanes of at least 4 members (excludes halogenated alkanes) is 2. The summed E-state index contributed by atoms with van der Waals surface area (Å²) in [5.74, 6) is 0.905. The first-order valence-corrected chi connectivity index (χ1v) is 6.26. The van der Waals surface area contributed by atoms with Crippen LogP contribution in [0.5, 0.6) is 5.75 Å². The van der Waals surface area contributed by atoms with E-state index in [0.29, 0.717) is 0 Å². The second kappa shape index (κ2) is 5.67. The normalized spacial score (nSPS) is 10.7. The van der Waals surface area contributed by atoms with Gasteiger partial charge in [-0.1, -0.05) is 25.8 Å². The Morgan fingerprint density at radius 3 is 2.88 bits per heavy atom. The van der Waals surface area contributed by atoms with Crippen LogP contribution in [0.25, 0.3) is 10.9 Å². The molecule has 0 aliphatic carbocycles. The first-order valence-electron chi connectivity index (χ1n) is 6.26. The molecule has 0 amide bonds. The Kier molecular flexibility index (Phi) is 3.97. The monoisotopic (exact) mass is 229 g/mol. The SMILES string of the molecule is CCCCCc1cc(OC)cc2ncccc12. The number of rotatable bonds is 5. The van der Waals surface area contributed by atoms with E-state index in [0.717, 1.165) is 17.7 Å². The third-order valence-corrected chi connectivity index (χ3v) is 3.07. The molecule has 0 radical (unpaired) electrons. The van der Waals surface area contributed by atoms with Crippen molar-refractivity contribution in [3.63, 3.8) is 0 Å². The molecule has 1 heterocycles. The lowest BCUT2D eigenvalue weighted by molar-refractivity contribution is 0.415. The van der Waals surface area contributed by atoms with E-state index in [2.05, 4.69) is 24.0 Å². The Morgan fingerprint density at radius 2 is 2.12 bits per heavy atom. The Bertz CT molecular complexity index is 493. The highest BCUT2D eigenvalue weighted by Crippen LogP contribution is 2.25. The van der Waals surface area contributed by atoms with Gasteiger partial charge in [0.05, 0.1) is 12.6 Å². The molecule has 0 saturated carbocycles. The minimum atomic E-state index is 0.905. The van der Waals surface area contributed by atoms with E-state index in [-0.39, 0.29) is 0 Å². The molecule has 0 aliphatic rings. The van der Waals surface area contributed by atoms with Gasteiger partial charge in [-0.3, -0.25) is 4.98 Å². The van der Waals surface area contributed by atoms with E-state index >= 15 is 0 Å². The fourth-order valence-corrected chi connectivity index (χ4v) is 2.12. The second-order valence-electron chi connectivity index (χ2n) is 4.31. The molecule has 0 bridgehead atoms. The number of benzene rings is 1. The van der Waals surface area contributed by atoms with Crippen LogP contribution in [0.15, 0.2) is 30.5 Å². The summed E-state index contributed by atoms with van der Waals surface area (Å²) in [4.78, 5) is 4.40. The predicted molar refractivity (Wildman–Crippen MR) is 71.5 cm³/mol. The lowest BCUT2D eigenvalue weighted by Crippen LogP contribution is -1.92. The van der Waals surface area contributed by atoms with Crippen LogP contribution in [0, 0.1) is 0 Å². The molecule has 2 rings (SSSR count). The maximum Gasteiger partial charge on any atom is 0.121 e. The molecule has 1 aromatic carbocycles. The van der Waals surface area contributed by atoms with E-state index in [1.807, 2.05) is 18.3 Å². The maximum atomic E-state index is 5.33. The summed E-state index contributed by atoms with van der Waals surface area (Å²) < 4.78 is 5.33. The van der Waals surface area contributed by atoms with Gasteiger partial charge < -0.3 is 4.74 Å². The van der Waals surface area contributed by atoms with Crippen molar-refractivity contribution >= 4 is 10.9 Å². The lowest BCUT2D eigenvalue weighted by atomic mass is 10.0. The zero-order valence-electron chi connectivity index (χ0n) is 10.6. The van der Waals surface area contributed by atoms with E-state index < -0.39 is 0 Å². The van der Waals surface area contributed by atoms with E-state index in [9.17, 15) is 0 Å². The number of nitrogens with zero attached hydrogens (tertiary/aromatic N) is 1. The molecule has 90 valence electrons. The van der Waals surface area contributed by atoms with Crippen LogP contribution in [0.4, 0.5) is 0 Å². The third kappa shape index (κ3) is 2.76. The van der Waals surface area contributed by atoms with Crippen molar-refractivity contribution in [3.8, 4) is 5.75 Å². The number of hydrogen-bond donors (Lipinski definition) is 0. The third-order valence-electron chi connectivity index (χ3n) is 3.07. The highest BCUT2D eigenvalue weighted by atomic mass is 16.5. The van der Waals surface area contributed by atoms with Crippen LogP contribution in [-0.2, 0) is 6.42 Å². The molecule has 0 spiro atoms. The minimum Gasteiger partial charge on any atom is -0.497 e. The molecule has 17 heavy (non-hydrogen) atoms. The van der Waals surface area contributed by atoms with E-state index in [1.54, 1.807) is 7.11 Å². The molecule has 0 aliphatic heterocycles. The van der Waals surface area contributed by atoms with Crippen LogP contribution >= 0.6 is 0 Å². The summed E-state index contributed by atoms with van der Waals surface area (Å²) in [5, 5.41) is 1.25. The number of hydrogen-bond acceptors (Lipinski definition) is 2. The quantitative estimate of drug-likeness (QED) is 0.723. The standard InChI is InChI=1S/C15H19NO/c1-3-4-5-7-12-10-13(17-2)11-15-14(12)8-6-9-16-15/h6,8-11H,3-5,7H2,1-2H3. The molecule has 2 heteroatoms. The molecule has 1 aromatic heterocycles. The van der Waals surface area contributed by atoms with Crippen LogP contribution < -0.4 is 4.74 Å². The first-order chi connectivity index (χ1) is 8.35. The lowest BCUT2D eigenvalue weighted by Gasteiger charge is -2.08. The van der Waals surface area contributed by atoms with Crippen molar-refractivity contribution in [3.05, 3.63) is 36.0 Å². The number of pyridine rings is 1. The number of aryl methyl sites for hydroxylation is 1. The van der Waals surface area contributed by atoms with Crippen molar-refractivity contribution < 1.29 is 4.74 Å². The second-order valence-corrected chi connectivity index (χ2v) is 4.31. The van der Waals surface area contributed by atoms with Crippen LogP contribution in [0.1, 0.15) is 31.7 Å². The number of ether oxygens (including phenoxy) is 1. The molecular formula is C15H19NO. The van der Waals surface area contributed by atoms with Gasteiger partial charge in [0.1, 0.15) is 5.75 Å². The zero-order valence-corrected chi connectivity index (χ0v) is 10.6. The number of methoxy groups -OCH3 is 1. The molecule has 0 unspecified atom stereocenters. The van der Waals surface area contributed by atoms with Crippen LogP contribution in [0.3, 0.4) is 0 Å². The predicted octanol–water partition coefficient (Wildman–Crippen LogP) is 3.98. The largest absolute Gasteiger partial charge is 0.497 e. The summed E-state index contributed by atoms with van der Waals surface area (Å²) >= 11 is 0. The summed E-state index contributed by atoms with van der Waals surface area (Å²) in [7, 11) is 1.71. The molecular weight excluding hydrogens is 210 g/mol. The van der Waals surface area contributed by atoms with Gasteiger partial charge in [0.15, 0.2) is 0 Å². The molecule has 0 atom stereocenters. The average molecular weight is 229 g/mol. The fraction of sp³-hybridized carbons (Fsp3) is 0.400. The topological polar surface area (TPSA) is 22.1 Å². The van der Waals surface area contributed by atoms with Gasteiger partial charge in [-0.05, 0) is 30.5 Å². The molecule has 0 saturated heterocycles. The van der Waals surface area contributed by atoms with Crippen LogP contribution in [-0.4, -0.2) is 12.1 Å². The molecule has 0 fully saturated rings. The van der Waals surface area contributed by atoms with Gasteiger partial charge in [0, 0.05) is 17.6 Å².